The van der Waals surface area contributed by atoms with Crippen molar-refractivity contribution in [2.24, 2.45) is 46.3 Å². The predicted octanol–water partition coefficient (Wildman–Crippen LogP) is 1.20. The molecular formula is C39H40O14. The highest BCUT2D eigenvalue weighted by molar-refractivity contribution is 6.10. The van der Waals surface area contributed by atoms with E-state index in [1.54, 1.807) is 13.8 Å². The molecule has 0 amide bonds. The van der Waals surface area contributed by atoms with Gasteiger partial charge in [-0.25, -0.2) is 14.4 Å². The fourth-order valence-corrected chi connectivity index (χ4v) is 13.0. The van der Waals surface area contributed by atoms with Crippen LogP contribution in [-0.4, -0.2) is 93.4 Å². The number of esters is 5. The number of rotatable bonds is 0. The minimum absolute atomic E-state index is 0.0140. The molecule has 3 N–H and O–H groups in total. The number of aliphatic hydroxyl groups is 3. The third kappa shape index (κ3) is 3.66. The Morgan fingerprint density at radius 2 is 1.43 bits per heavy atom. The van der Waals surface area contributed by atoms with Crippen LogP contribution in [0.2, 0.25) is 0 Å². The van der Waals surface area contributed by atoms with Gasteiger partial charge in [0.1, 0.15) is 25.4 Å². The van der Waals surface area contributed by atoms with E-state index in [0.717, 1.165) is 0 Å². The lowest BCUT2D eigenvalue weighted by atomic mass is 9.42. The summed E-state index contributed by atoms with van der Waals surface area (Å²) in [6.07, 6.45) is 1.63. The smallest absolute Gasteiger partial charge is 0.338 e. The molecule has 12 atom stereocenters. The second-order valence-electron chi connectivity index (χ2n) is 17.5. The van der Waals surface area contributed by atoms with Crippen LogP contribution in [0.3, 0.4) is 0 Å². The van der Waals surface area contributed by atoms with Crippen LogP contribution < -0.4 is 0 Å². The van der Waals surface area contributed by atoms with Gasteiger partial charge in [0.05, 0.1) is 29.4 Å². The molecule has 3 aliphatic heterocycles. The zero-order valence-corrected chi connectivity index (χ0v) is 29.7. The van der Waals surface area contributed by atoms with E-state index in [0.29, 0.717) is 29.6 Å². The van der Waals surface area contributed by atoms with E-state index in [9.17, 15) is 44.1 Å². The molecule has 0 unspecified atom stereocenters. The van der Waals surface area contributed by atoms with E-state index in [-0.39, 0.29) is 84.9 Å². The van der Waals surface area contributed by atoms with Crippen molar-refractivity contribution in [3.8, 4) is 0 Å². The fraction of sp³-hybridized carbons (Fsp3) is 0.641. The number of Topliss-reactive ketones (excluding diaryl/α,β-unsaturated/α-hetero) is 1. The lowest BCUT2D eigenvalue weighted by Gasteiger charge is -2.63. The Kier molecular flexibility index (Phi) is 6.15. The Hall–Kier alpha value is -4.14. The first-order chi connectivity index (χ1) is 24.9. The highest BCUT2D eigenvalue weighted by atomic mass is 16.7. The molecule has 0 radical (unpaired) electrons. The van der Waals surface area contributed by atoms with Crippen molar-refractivity contribution in [2.75, 3.05) is 19.8 Å². The Balaban J connectivity index is 1.21. The average molecular weight is 733 g/mol. The molecule has 14 nitrogen and oxygen atoms in total. The summed E-state index contributed by atoms with van der Waals surface area (Å²) in [5.41, 5.74) is -6.19. The Morgan fingerprint density at radius 1 is 0.755 bits per heavy atom. The van der Waals surface area contributed by atoms with Crippen LogP contribution in [0.15, 0.2) is 45.1 Å². The zero-order valence-electron chi connectivity index (χ0n) is 29.7. The standard InChI is InChI=1S/C39H40O14/c1-15-7-27(42)51-14-37(47)22-8-19(22)34(3)23(37)10-18-17(13-50-26(41)6-5-25(40)49-12-15)32(44)52-38(18)24(34)11-36(46)21-9-20(21)35(4)30(36)29(38)28-16(2)31(43)53-39(28,48)33(35)45/h7,19-24,46-48H,5-6,8-14H2,1-4H3/b15-7-/t19-,20-,21+,22+,23+,24+,34+,35+,36+,37+,38+,39+/m1/s1. The van der Waals surface area contributed by atoms with Crippen molar-refractivity contribution in [2.45, 2.75) is 88.8 Å². The van der Waals surface area contributed by atoms with Crippen LogP contribution >= 0.6 is 0 Å². The summed E-state index contributed by atoms with van der Waals surface area (Å²) in [5.74, 6) is -10.0. The largest absolute Gasteiger partial charge is 0.461 e. The molecule has 0 aromatic carbocycles. The van der Waals surface area contributed by atoms with Crippen molar-refractivity contribution in [1.29, 1.82) is 0 Å². The van der Waals surface area contributed by atoms with Crippen molar-refractivity contribution in [3.63, 3.8) is 0 Å². The number of carbonyl (C=O) groups is 6. The summed E-state index contributed by atoms with van der Waals surface area (Å²) in [7, 11) is 0. The fourth-order valence-electron chi connectivity index (χ4n) is 13.0. The van der Waals surface area contributed by atoms with Crippen molar-refractivity contribution < 1.29 is 67.8 Å². The van der Waals surface area contributed by atoms with Crippen LogP contribution in [0.1, 0.15) is 66.2 Å². The van der Waals surface area contributed by atoms with Gasteiger partial charge in [-0.3, -0.25) is 14.4 Å². The highest BCUT2D eigenvalue weighted by Crippen LogP contribution is 2.84. The zero-order chi connectivity index (χ0) is 37.6. The molecule has 10 aliphatic rings. The molecule has 14 heteroatoms. The van der Waals surface area contributed by atoms with E-state index in [1.807, 2.05) is 6.92 Å². The van der Waals surface area contributed by atoms with E-state index in [1.165, 1.54) is 13.0 Å². The minimum Gasteiger partial charge on any atom is -0.461 e. The number of ketones is 1. The Bertz CT molecular complexity index is 2070. The Labute approximate surface area is 303 Å². The maximum atomic E-state index is 14.5. The van der Waals surface area contributed by atoms with Gasteiger partial charge in [-0.05, 0) is 92.3 Å². The van der Waals surface area contributed by atoms with E-state index in [4.69, 9.17) is 23.7 Å². The number of fused-ring (bicyclic) bond motifs is 9. The first kappa shape index (κ1) is 33.4. The molecule has 0 saturated heterocycles. The predicted molar refractivity (Wildman–Crippen MR) is 173 cm³/mol. The summed E-state index contributed by atoms with van der Waals surface area (Å²) < 4.78 is 28.6. The van der Waals surface area contributed by atoms with E-state index >= 15 is 0 Å². The maximum Gasteiger partial charge on any atom is 0.338 e. The second kappa shape index (κ2) is 9.74. The summed E-state index contributed by atoms with van der Waals surface area (Å²) in [6.45, 7) is 5.55. The van der Waals surface area contributed by atoms with Crippen LogP contribution in [0.25, 0.3) is 0 Å². The lowest BCUT2D eigenvalue weighted by molar-refractivity contribution is -0.202. The van der Waals surface area contributed by atoms with Gasteiger partial charge < -0.3 is 39.0 Å². The molecule has 1 spiro atoms. The van der Waals surface area contributed by atoms with Crippen LogP contribution in [0.5, 0.6) is 0 Å². The average Bonchev–Trinajstić information content (AvgIpc) is 4.01. The molecule has 10 rings (SSSR count). The molecule has 280 valence electrons. The summed E-state index contributed by atoms with van der Waals surface area (Å²) in [5, 5.41) is 38.0. The van der Waals surface area contributed by atoms with E-state index < -0.39 is 87.5 Å². The molecule has 7 aliphatic carbocycles. The monoisotopic (exact) mass is 732 g/mol. The number of cyclic esters (lactones) is 3. The molecule has 0 aromatic rings. The molecule has 3 heterocycles. The third-order valence-corrected chi connectivity index (χ3v) is 15.3. The SMILES string of the molecule is CC1=C2C3=C4[C@@](C)(C(=O)[C@@]2(O)OC1=O)[C@@H]1C[C@@H]1[C@@]4(O)C[C@@H]1[C@]32OC(=O)C3=C2C[C@@H]2[C@](O)(COC(=O)/C=C(/C)COC(=O)CCC(=O)OC3)[C@H]3C[C@H]3[C@]12C. The maximum absolute atomic E-state index is 14.5. The number of hydrogen-bond acceptors (Lipinski definition) is 14. The number of carbonyl (C=O) groups excluding carboxylic acids is 6. The summed E-state index contributed by atoms with van der Waals surface area (Å²) >= 11 is 0. The first-order valence-corrected chi connectivity index (χ1v) is 18.4. The molecule has 0 aromatic heterocycles. The van der Waals surface area contributed by atoms with Gasteiger partial charge in [0.2, 0.25) is 5.78 Å². The van der Waals surface area contributed by atoms with Gasteiger partial charge in [0, 0.05) is 34.6 Å². The normalized spacial score (nSPS) is 50.3. The first-order valence-electron chi connectivity index (χ1n) is 18.4. The molecule has 2 bridgehead atoms. The van der Waals surface area contributed by atoms with Crippen molar-refractivity contribution in [1.82, 2.24) is 0 Å². The van der Waals surface area contributed by atoms with Gasteiger partial charge in [-0.1, -0.05) is 6.92 Å². The van der Waals surface area contributed by atoms with Crippen LogP contribution in [-0.2, 0) is 52.5 Å². The Morgan fingerprint density at radius 3 is 2.15 bits per heavy atom. The summed E-state index contributed by atoms with van der Waals surface area (Å²) in [6, 6.07) is 0. The molecule has 53 heavy (non-hydrogen) atoms. The van der Waals surface area contributed by atoms with Crippen molar-refractivity contribution in [3.05, 3.63) is 45.1 Å². The van der Waals surface area contributed by atoms with Crippen molar-refractivity contribution >= 4 is 35.6 Å². The molecule has 5 fully saturated rings. The molecule has 5 saturated carbocycles. The van der Waals surface area contributed by atoms with Gasteiger partial charge in [0.15, 0.2) is 5.60 Å². The summed E-state index contributed by atoms with van der Waals surface area (Å²) in [4.78, 5) is 80.6. The lowest BCUT2D eigenvalue weighted by Crippen LogP contribution is -2.68. The van der Waals surface area contributed by atoms with Gasteiger partial charge >= 0.3 is 29.8 Å². The quantitative estimate of drug-likeness (QED) is 0.236. The van der Waals surface area contributed by atoms with E-state index in [2.05, 4.69) is 0 Å². The highest BCUT2D eigenvalue weighted by Gasteiger charge is 2.87. The topological polar surface area (TPSA) is 209 Å². The van der Waals surface area contributed by atoms with Crippen LogP contribution in [0.4, 0.5) is 0 Å². The van der Waals surface area contributed by atoms with Gasteiger partial charge in [-0.2, -0.15) is 0 Å². The third-order valence-electron chi connectivity index (χ3n) is 15.3. The van der Waals surface area contributed by atoms with Crippen LogP contribution in [0, 0.1) is 46.3 Å². The minimum atomic E-state index is -2.70. The second-order valence-corrected chi connectivity index (χ2v) is 17.5. The number of hydrogen-bond donors (Lipinski definition) is 3. The van der Waals surface area contributed by atoms with Gasteiger partial charge in [0.25, 0.3) is 5.79 Å². The van der Waals surface area contributed by atoms with Gasteiger partial charge in [-0.15, -0.1) is 0 Å². The molecular weight excluding hydrogens is 692 g/mol. The number of ether oxygens (including phenoxy) is 5.